The van der Waals surface area contributed by atoms with Gasteiger partial charge in [-0.05, 0) is 56.4 Å². The number of benzene rings is 1. The number of amides is 1. The molecule has 0 spiro atoms. The molecule has 8 heteroatoms. The summed E-state index contributed by atoms with van der Waals surface area (Å²) in [6.45, 7) is 10.4. The SMILES string of the molecule is CCCCCCC[C@@H](C)Oc1ccc(/C=C2/SC(=S)N([C@@H](C(=O)O)[C@@H](C)CC)C2=O)cc1OCC. The Balaban J connectivity index is 2.17. The van der Waals surface area contributed by atoms with Crippen molar-refractivity contribution in [2.75, 3.05) is 6.61 Å². The Morgan fingerprint density at radius 3 is 2.49 bits per heavy atom. The van der Waals surface area contributed by atoms with Gasteiger partial charge >= 0.3 is 5.97 Å². The monoisotopic (exact) mass is 521 g/mol. The Morgan fingerprint density at radius 2 is 1.86 bits per heavy atom. The predicted molar refractivity (Wildman–Crippen MR) is 147 cm³/mol. The minimum atomic E-state index is -1.04. The third kappa shape index (κ3) is 8.24. The van der Waals surface area contributed by atoms with Crippen LogP contribution in [-0.2, 0) is 9.59 Å². The van der Waals surface area contributed by atoms with Gasteiger partial charge in [0, 0.05) is 0 Å². The van der Waals surface area contributed by atoms with Gasteiger partial charge in [0.25, 0.3) is 5.91 Å². The van der Waals surface area contributed by atoms with Crippen LogP contribution in [0, 0.1) is 5.92 Å². The summed E-state index contributed by atoms with van der Waals surface area (Å²) in [5.74, 6) is -0.332. The van der Waals surface area contributed by atoms with Gasteiger partial charge < -0.3 is 14.6 Å². The van der Waals surface area contributed by atoms with Crippen LogP contribution in [0.1, 0.15) is 85.1 Å². The molecule has 1 aromatic carbocycles. The van der Waals surface area contributed by atoms with E-state index in [2.05, 4.69) is 13.8 Å². The number of aliphatic carboxylic acids is 1. The van der Waals surface area contributed by atoms with E-state index >= 15 is 0 Å². The number of thioether (sulfide) groups is 1. The zero-order valence-electron chi connectivity index (χ0n) is 21.5. The van der Waals surface area contributed by atoms with Gasteiger partial charge in [0.15, 0.2) is 11.5 Å². The van der Waals surface area contributed by atoms with E-state index in [1.165, 1.54) is 30.6 Å². The molecule has 1 N–H and O–H groups in total. The number of carboxylic acid groups (broad SMARTS) is 1. The minimum Gasteiger partial charge on any atom is -0.490 e. The number of unbranched alkanes of at least 4 members (excludes halogenated alkanes) is 4. The molecule has 6 nitrogen and oxygen atoms in total. The van der Waals surface area contributed by atoms with Gasteiger partial charge in [-0.15, -0.1) is 0 Å². The molecule has 1 aromatic rings. The summed E-state index contributed by atoms with van der Waals surface area (Å²) >= 11 is 6.52. The molecule has 0 aliphatic carbocycles. The maximum atomic E-state index is 13.1. The fraction of sp³-hybridized carbons (Fsp3) is 0.593. The third-order valence-corrected chi connectivity index (χ3v) is 7.48. The lowest BCUT2D eigenvalue weighted by atomic mass is 9.98. The van der Waals surface area contributed by atoms with Crippen LogP contribution < -0.4 is 9.47 Å². The van der Waals surface area contributed by atoms with Crippen molar-refractivity contribution >= 4 is 46.3 Å². The van der Waals surface area contributed by atoms with E-state index in [-0.39, 0.29) is 22.2 Å². The fourth-order valence-electron chi connectivity index (χ4n) is 3.99. The summed E-state index contributed by atoms with van der Waals surface area (Å²) in [5.41, 5.74) is 0.768. The van der Waals surface area contributed by atoms with Crippen molar-refractivity contribution in [1.29, 1.82) is 0 Å². The van der Waals surface area contributed by atoms with Crippen molar-refractivity contribution in [3.8, 4) is 11.5 Å². The van der Waals surface area contributed by atoms with Gasteiger partial charge in [-0.25, -0.2) is 4.79 Å². The van der Waals surface area contributed by atoms with Gasteiger partial charge in [-0.3, -0.25) is 9.69 Å². The van der Waals surface area contributed by atoms with Gasteiger partial charge in [-0.1, -0.05) is 82.9 Å². The van der Waals surface area contributed by atoms with Crippen LogP contribution in [0.25, 0.3) is 6.08 Å². The molecule has 0 aromatic heterocycles. The van der Waals surface area contributed by atoms with Crippen molar-refractivity contribution in [2.45, 2.75) is 91.7 Å². The molecule has 2 rings (SSSR count). The van der Waals surface area contributed by atoms with Gasteiger partial charge in [0.2, 0.25) is 0 Å². The highest BCUT2D eigenvalue weighted by molar-refractivity contribution is 8.26. The van der Waals surface area contributed by atoms with E-state index in [0.29, 0.717) is 29.4 Å². The quantitative estimate of drug-likeness (QED) is 0.153. The Morgan fingerprint density at radius 1 is 1.14 bits per heavy atom. The number of rotatable bonds is 15. The molecule has 0 radical (unpaired) electrons. The predicted octanol–water partition coefficient (Wildman–Crippen LogP) is 6.91. The molecule has 194 valence electrons. The van der Waals surface area contributed by atoms with Crippen LogP contribution in [0.2, 0.25) is 0 Å². The molecule has 1 aliphatic rings. The topological polar surface area (TPSA) is 76.1 Å². The summed E-state index contributed by atoms with van der Waals surface area (Å²) in [4.78, 5) is 26.6. The van der Waals surface area contributed by atoms with E-state index in [1.54, 1.807) is 6.08 Å². The number of nitrogens with zero attached hydrogens (tertiary/aromatic N) is 1. The molecule has 0 bridgehead atoms. The largest absolute Gasteiger partial charge is 0.490 e. The molecular formula is C27H39NO5S2. The number of carboxylic acids is 1. The standard InChI is InChI=1S/C27H39NO5S2/c1-6-9-10-11-12-13-19(5)33-21-15-14-20(16-22(21)32-8-3)17-23-25(29)28(27(34)35-23)24(26(30)31)18(4)7-2/h14-19,24H,6-13H2,1-5H3,(H,30,31)/b23-17+/t18-,19+,24+/m0/s1. The first-order valence-corrected chi connectivity index (χ1v) is 13.9. The van der Waals surface area contributed by atoms with Crippen molar-refractivity contribution < 1.29 is 24.2 Å². The highest BCUT2D eigenvalue weighted by Gasteiger charge is 2.42. The summed E-state index contributed by atoms with van der Waals surface area (Å²) in [6.07, 6.45) is 9.56. The smallest absolute Gasteiger partial charge is 0.327 e. The maximum absolute atomic E-state index is 13.1. The molecule has 1 amide bonds. The second kappa shape index (κ2) is 14.5. The molecule has 1 heterocycles. The lowest BCUT2D eigenvalue weighted by Crippen LogP contribution is -2.47. The van der Waals surface area contributed by atoms with Crippen LogP contribution in [-0.4, -0.2) is 45.0 Å². The van der Waals surface area contributed by atoms with Crippen molar-refractivity contribution in [1.82, 2.24) is 4.90 Å². The second-order valence-corrected chi connectivity index (χ2v) is 10.7. The molecular weight excluding hydrogens is 482 g/mol. The lowest BCUT2D eigenvalue weighted by Gasteiger charge is -2.27. The average molecular weight is 522 g/mol. The Labute approximate surface area is 219 Å². The first-order chi connectivity index (χ1) is 16.7. The van der Waals surface area contributed by atoms with E-state index in [1.807, 2.05) is 39.0 Å². The van der Waals surface area contributed by atoms with Crippen LogP contribution in [0.5, 0.6) is 11.5 Å². The highest BCUT2D eigenvalue weighted by atomic mass is 32.2. The van der Waals surface area contributed by atoms with E-state index in [9.17, 15) is 14.7 Å². The molecule has 0 unspecified atom stereocenters. The van der Waals surface area contributed by atoms with Crippen LogP contribution in [0.15, 0.2) is 23.1 Å². The Hall–Kier alpha value is -2.06. The zero-order chi connectivity index (χ0) is 26.0. The number of carbonyl (C=O) groups is 2. The number of ether oxygens (including phenoxy) is 2. The number of hydrogen-bond acceptors (Lipinski definition) is 6. The van der Waals surface area contributed by atoms with E-state index in [0.717, 1.165) is 30.2 Å². The minimum absolute atomic E-state index is 0.0754. The van der Waals surface area contributed by atoms with E-state index < -0.39 is 12.0 Å². The normalized spacial score (nSPS) is 17.5. The molecule has 3 atom stereocenters. The first-order valence-electron chi connectivity index (χ1n) is 12.7. The number of thiocarbonyl (C=S) groups is 1. The number of carbonyl (C=O) groups excluding carboxylic acids is 1. The van der Waals surface area contributed by atoms with Crippen LogP contribution >= 0.6 is 24.0 Å². The summed E-state index contributed by atoms with van der Waals surface area (Å²) in [7, 11) is 0. The third-order valence-electron chi connectivity index (χ3n) is 6.15. The van der Waals surface area contributed by atoms with Crippen molar-refractivity contribution in [3.05, 3.63) is 28.7 Å². The zero-order valence-corrected chi connectivity index (χ0v) is 23.2. The van der Waals surface area contributed by atoms with Crippen LogP contribution in [0.4, 0.5) is 0 Å². The van der Waals surface area contributed by atoms with Crippen molar-refractivity contribution in [2.24, 2.45) is 5.92 Å². The first kappa shape index (κ1) is 29.2. The average Bonchev–Trinajstić information content (AvgIpc) is 3.08. The number of hydrogen-bond donors (Lipinski definition) is 1. The summed E-state index contributed by atoms with van der Waals surface area (Å²) < 4.78 is 12.3. The Kier molecular flexibility index (Phi) is 12.1. The maximum Gasteiger partial charge on any atom is 0.327 e. The summed E-state index contributed by atoms with van der Waals surface area (Å²) in [6, 6.07) is 4.62. The van der Waals surface area contributed by atoms with Crippen LogP contribution in [0.3, 0.4) is 0 Å². The summed E-state index contributed by atoms with van der Waals surface area (Å²) in [5, 5.41) is 9.72. The molecule has 1 aliphatic heterocycles. The molecule has 0 saturated carbocycles. The fourth-order valence-corrected chi connectivity index (χ4v) is 5.32. The van der Waals surface area contributed by atoms with E-state index in [4.69, 9.17) is 21.7 Å². The molecule has 1 saturated heterocycles. The van der Waals surface area contributed by atoms with Gasteiger partial charge in [0.1, 0.15) is 10.4 Å². The van der Waals surface area contributed by atoms with Gasteiger partial charge in [0.05, 0.1) is 17.6 Å². The molecule has 1 fully saturated rings. The highest BCUT2D eigenvalue weighted by Crippen LogP contribution is 2.37. The Bertz CT molecular complexity index is 917. The molecule has 35 heavy (non-hydrogen) atoms. The van der Waals surface area contributed by atoms with Gasteiger partial charge in [-0.2, -0.15) is 0 Å². The van der Waals surface area contributed by atoms with Crippen molar-refractivity contribution in [3.63, 3.8) is 0 Å². The lowest BCUT2D eigenvalue weighted by molar-refractivity contribution is -0.147. The second-order valence-electron chi connectivity index (χ2n) is 8.99.